The highest BCUT2D eigenvalue weighted by Crippen LogP contribution is 2.34. The molecule has 1 aliphatic heterocycles. The van der Waals surface area contributed by atoms with Gasteiger partial charge in [-0.15, -0.1) is 0 Å². The summed E-state index contributed by atoms with van der Waals surface area (Å²) < 4.78 is 27.7. The van der Waals surface area contributed by atoms with Crippen LogP contribution in [0.25, 0.3) is 0 Å². The first kappa shape index (κ1) is 16.8. The second kappa shape index (κ2) is 6.46. The summed E-state index contributed by atoms with van der Waals surface area (Å²) in [4.78, 5) is 17.8. The Labute approximate surface area is 119 Å². The number of alkyl halides is 2. The van der Waals surface area contributed by atoms with Crippen LogP contribution in [-0.4, -0.2) is 35.5 Å². The first-order chi connectivity index (χ1) is 9.24. The monoisotopic (exact) mass is 286 g/mol. The van der Waals surface area contributed by atoms with Gasteiger partial charge in [-0.3, -0.25) is 4.79 Å². The number of nitrogens with zero attached hydrogens (tertiary/aromatic N) is 2. The molecule has 0 N–H and O–H groups in total. The summed E-state index contributed by atoms with van der Waals surface area (Å²) in [7, 11) is 1.64. The number of carbonyl (C=O) groups excluding carboxylic acids is 1. The molecule has 0 bridgehead atoms. The lowest BCUT2D eigenvalue weighted by atomic mass is 10.1. The van der Waals surface area contributed by atoms with Crippen molar-refractivity contribution >= 4 is 11.6 Å². The molecule has 114 valence electrons. The lowest BCUT2D eigenvalue weighted by Crippen LogP contribution is -2.42. The van der Waals surface area contributed by atoms with Crippen LogP contribution in [-0.2, 0) is 4.79 Å². The van der Waals surface area contributed by atoms with Gasteiger partial charge < -0.3 is 4.90 Å². The number of ketones is 1. The van der Waals surface area contributed by atoms with E-state index in [9.17, 15) is 13.6 Å². The van der Waals surface area contributed by atoms with E-state index in [1.165, 1.54) is 11.8 Å². The van der Waals surface area contributed by atoms with E-state index >= 15 is 0 Å². The van der Waals surface area contributed by atoms with Gasteiger partial charge in [0.1, 0.15) is 11.5 Å². The number of likely N-dealkylation sites (tertiary alicyclic amines) is 1. The van der Waals surface area contributed by atoms with Gasteiger partial charge in [-0.1, -0.05) is 13.8 Å². The normalized spacial score (nSPS) is 21.4. The third-order valence-corrected chi connectivity index (χ3v) is 3.77. The van der Waals surface area contributed by atoms with Crippen LogP contribution in [0.1, 0.15) is 53.4 Å². The van der Waals surface area contributed by atoms with Crippen LogP contribution in [0, 0.1) is 0 Å². The standard InChI is InChI=1S/C15H24F2N2O/c1-6-11(20)14(10(3)4)18-13-9-8-12(19(13)5)15(16,17)7-2/h12H,6-9H2,1-5H3/b18-13-. The predicted octanol–water partition coefficient (Wildman–Crippen LogP) is 3.80. The Bertz CT molecular complexity index is 437. The lowest BCUT2D eigenvalue weighted by Gasteiger charge is -2.29. The number of hydrogen-bond acceptors (Lipinski definition) is 2. The molecular formula is C15H24F2N2O. The van der Waals surface area contributed by atoms with E-state index in [2.05, 4.69) is 4.99 Å². The number of carbonyl (C=O) groups is 1. The van der Waals surface area contributed by atoms with Gasteiger partial charge in [-0.05, 0) is 25.8 Å². The molecule has 1 aliphatic rings. The predicted molar refractivity (Wildman–Crippen MR) is 77.1 cm³/mol. The molecule has 1 rings (SSSR count). The van der Waals surface area contributed by atoms with E-state index < -0.39 is 12.0 Å². The first-order valence-electron chi connectivity index (χ1n) is 7.13. The van der Waals surface area contributed by atoms with Crippen LogP contribution in [0.5, 0.6) is 0 Å². The minimum absolute atomic E-state index is 0.0448. The summed E-state index contributed by atoms with van der Waals surface area (Å²) in [5.74, 6) is -2.18. The van der Waals surface area contributed by atoms with Gasteiger partial charge in [0, 0.05) is 26.3 Å². The largest absolute Gasteiger partial charge is 0.354 e. The Morgan fingerprint density at radius 3 is 2.45 bits per heavy atom. The quantitative estimate of drug-likeness (QED) is 0.720. The molecule has 0 radical (unpaired) electrons. The van der Waals surface area contributed by atoms with Crippen molar-refractivity contribution in [1.82, 2.24) is 4.90 Å². The molecule has 0 aromatic rings. The molecule has 0 aromatic carbocycles. The average Bonchev–Trinajstić information content (AvgIpc) is 2.76. The number of aliphatic imine (C=N–C) groups is 1. The van der Waals surface area contributed by atoms with Gasteiger partial charge in [0.15, 0.2) is 5.78 Å². The Kier molecular flexibility index (Phi) is 5.42. The second-order valence-corrected chi connectivity index (χ2v) is 5.43. The van der Waals surface area contributed by atoms with Crippen molar-refractivity contribution in [2.75, 3.05) is 7.05 Å². The fourth-order valence-electron chi connectivity index (χ4n) is 2.43. The highest BCUT2D eigenvalue weighted by atomic mass is 19.3. The molecule has 0 aliphatic carbocycles. The maximum absolute atomic E-state index is 13.8. The van der Waals surface area contributed by atoms with Crippen LogP contribution in [0.4, 0.5) is 8.78 Å². The Hall–Kier alpha value is -1.26. The number of hydrogen-bond donors (Lipinski definition) is 0. The summed E-state index contributed by atoms with van der Waals surface area (Å²) in [6.45, 7) is 6.91. The Morgan fingerprint density at radius 1 is 1.40 bits per heavy atom. The zero-order valence-electron chi connectivity index (χ0n) is 13.0. The molecule has 3 nitrogen and oxygen atoms in total. The second-order valence-electron chi connectivity index (χ2n) is 5.43. The molecule has 20 heavy (non-hydrogen) atoms. The molecule has 1 unspecified atom stereocenters. The van der Waals surface area contributed by atoms with E-state index in [-0.39, 0.29) is 12.2 Å². The number of allylic oxidation sites excluding steroid dienone is 2. The number of amidine groups is 1. The number of rotatable bonds is 5. The van der Waals surface area contributed by atoms with E-state index in [1.54, 1.807) is 14.0 Å². The van der Waals surface area contributed by atoms with E-state index in [4.69, 9.17) is 0 Å². The average molecular weight is 286 g/mol. The number of halogens is 2. The minimum Gasteiger partial charge on any atom is -0.354 e. The number of Topliss-reactive ketones (excluding diaryl/α,β-unsaturated/α-hetero) is 1. The van der Waals surface area contributed by atoms with Crippen LogP contribution in [0.3, 0.4) is 0 Å². The lowest BCUT2D eigenvalue weighted by molar-refractivity contribution is -0.115. The molecule has 0 aromatic heterocycles. The van der Waals surface area contributed by atoms with Crippen LogP contribution in [0.15, 0.2) is 16.3 Å². The van der Waals surface area contributed by atoms with Gasteiger partial charge >= 0.3 is 0 Å². The fraction of sp³-hybridized carbons (Fsp3) is 0.733. The van der Waals surface area contributed by atoms with Gasteiger partial charge in [0.2, 0.25) is 0 Å². The van der Waals surface area contributed by atoms with Gasteiger partial charge in [0.05, 0.1) is 6.04 Å². The van der Waals surface area contributed by atoms with Crippen molar-refractivity contribution < 1.29 is 13.6 Å². The highest BCUT2D eigenvalue weighted by Gasteiger charge is 2.44. The zero-order valence-corrected chi connectivity index (χ0v) is 13.0. The van der Waals surface area contributed by atoms with Crippen LogP contribution >= 0.6 is 0 Å². The third kappa shape index (κ3) is 3.44. The summed E-state index contributed by atoms with van der Waals surface area (Å²) in [5.41, 5.74) is 1.23. The maximum atomic E-state index is 13.8. The molecule has 0 saturated carbocycles. The van der Waals surface area contributed by atoms with Crippen LogP contribution < -0.4 is 0 Å². The van der Waals surface area contributed by atoms with Crippen molar-refractivity contribution in [3.8, 4) is 0 Å². The van der Waals surface area contributed by atoms with E-state index in [0.29, 0.717) is 30.8 Å². The van der Waals surface area contributed by atoms with Crippen molar-refractivity contribution in [2.24, 2.45) is 4.99 Å². The summed E-state index contributed by atoms with van der Waals surface area (Å²) in [6, 6.07) is -0.818. The first-order valence-corrected chi connectivity index (χ1v) is 7.13. The van der Waals surface area contributed by atoms with E-state index in [1.807, 2.05) is 13.8 Å². The summed E-state index contributed by atoms with van der Waals surface area (Å²) in [5, 5.41) is 0. The van der Waals surface area contributed by atoms with Crippen LogP contribution in [0.2, 0.25) is 0 Å². The Morgan fingerprint density at radius 2 is 2.00 bits per heavy atom. The summed E-state index contributed by atoms with van der Waals surface area (Å²) in [6.07, 6.45) is 1.06. The maximum Gasteiger partial charge on any atom is 0.267 e. The van der Waals surface area contributed by atoms with Crippen molar-refractivity contribution in [1.29, 1.82) is 0 Å². The molecule has 1 atom stereocenters. The van der Waals surface area contributed by atoms with Crippen molar-refractivity contribution in [3.05, 3.63) is 11.3 Å². The molecule has 5 heteroatoms. The van der Waals surface area contributed by atoms with Gasteiger partial charge in [-0.2, -0.15) is 0 Å². The molecule has 1 saturated heterocycles. The zero-order chi connectivity index (χ0) is 15.5. The summed E-state index contributed by atoms with van der Waals surface area (Å²) >= 11 is 0. The molecular weight excluding hydrogens is 262 g/mol. The smallest absolute Gasteiger partial charge is 0.267 e. The Balaban J connectivity index is 3.02. The van der Waals surface area contributed by atoms with Gasteiger partial charge in [0.25, 0.3) is 5.92 Å². The molecule has 1 fully saturated rings. The van der Waals surface area contributed by atoms with E-state index in [0.717, 1.165) is 5.57 Å². The van der Waals surface area contributed by atoms with Crippen molar-refractivity contribution in [2.45, 2.75) is 65.3 Å². The van der Waals surface area contributed by atoms with Crippen molar-refractivity contribution in [3.63, 3.8) is 0 Å². The molecule has 0 spiro atoms. The van der Waals surface area contributed by atoms with Gasteiger partial charge in [-0.25, -0.2) is 13.8 Å². The topological polar surface area (TPSA) is 32.7 Å². The molecule has 1 heterocycles. The SMILES string of the molecule is CCC(=O)C(/N=C1/CCC(C(F)(F)CC)N1C)=C(C)C. The highest BCUT2D eigenvalue weighted by molar-refractivity contribution is 5.99. The molecule has 0 amide bonds. The minimum atomic E-state index is -2.72. The fourth-order valence-corrected chi connectivity index (χ4v) is 2.43. The third-order valence-electron chi connectivity index (χ3n) is 3.77.